The molecule has 0 aromatic heterocycles. The summed E-state index contributed by atoms with van der Waals surface area (Å²) in [6.45, 7) is 4.07. The van der Waals surface area contributed by atoms with E-state index in [1.54, 1.807) is 0 Å². The zero-order valence-electron chi connectivity index (χ0n) is 12.3. The molecule has 1 heterocycles. The lowest BCUT2D eigenvalue weighted by molar-refractivity contribution is 0.443. The minimum atomic E-state index is -0.185. The third-order valence-electron chi connectivity index (χ3n) is 4.18. The fourth-order valence-corrected chi connectivity index (χ4v) is 2.98. The van der Waals surface area contributed by atoms with Crippen LogP contribution in [0.25, 0.3) is 0 Å². The Bertz CT molecular complexity index is 594. The molecule has 0 fully saturated rings. The molecule has 0 aliphatic carbocycles. The van der Waals surface area contributed by atoms with E-state index in [1.165, 1.54) is 23.3 Å². The van der Waals surface area contributed by atoms with Gasteiger partial charge in [0.15, 0.2) is 0 Å². The minimum absolute atomic E-state index is 0.185. The molecule has 2 N–H and O–H groups in total. The molecular weight excluding hydrogens is 263 g/mol. The number of rotatable bonds is 3. The zero-order valence-corrected chi connectivity index (χ0v) is 12.3. The average molecular weight is 284 g/mol. The van der Waals surface area contributed by atoms with Crippen molar-refractivity contribution in [3.05, 3.63) is 71.0 Å². The fourth-order valence-electron chi connectivity index (χ4n) is 2.98. The van der Waals surface area contributed by atoms with E-state index in [0.717, 1.165) is 25.1 Å². The quantitative estimate of drug-likeness (QED) is 0.898. The highest BCUT2D eigenvalue weighted by Crippen LogP contribution is 2.26. The van der Waals surface area contributed by atoms with Crippen LogP contribution in [0.5, 0.6) is 0 Å². The van der Waals surface area contributed by atoms with E-state index in [0.29, 0.717) is 6.04 Å². The SMILES string of the molecule is C[C@H](NC1CCNCc2ccccc21)c1ccc(F)cc1. The molecule has 0 spiro atoms. The Morgan fingerprint density at radius 2 is 1.90 bits per heavy atom. The molecule has 0 radical (unpaired) electrons. The number of hydrogen-bond donors (Lipinski definition) is 2. The molecule has 1 aliphatic heterocycles. The topological polar surface area (TPSA) is 24.1 Å². The molecule has 2 nitrogen and oxygen atoms in total. The van der Waals surface area contributed by atoms with Gasteiger partial charge >= 0.3 is 0 Å². The van der Waals surface area contributed by atoms with E-state index in [4.69, 9.17) is 0 Å². The van der Waals surface area contributed by atoms with Crippen LogP contribution in [0.2, 0.25) is 0 Å². The Kier molecular flexibility index (Phi) is 4.32. The standard InChI is InChI=1S/C18H21FN2/c1-13(14-6-8-16(19)9-7-14)21-18-10-11-20-12-15-4-2-3-5-17(15)18/h2-9,13,18,20-21H,10-12H2,1H3/t13-,18?/m0/s1. The summed E-state index contributed by atoms with van der Waals surface area (Å²) >= 11 is 0. The van der Waals surface area contributed by atoms with E-state index in [9.17, 15) is 4.39 Å². The Hall–Kier alpha value is -1.71. The molecule has 0 bridgehead atoms. The Balaban J connectivity index is 1.79. The molecule has 110 valence electrons. The van der Waals surface area contributed by atoms with Crippen LogP contribution in [0.3, 0.4) is 0 Å². The van der Waals surface area contributed by atoms with Gasteiger partial charge in [-0.2, -0.15) is 0 Å². The molecule has 1 unspecified atom stereocenters. The van der Waals surface area contributed by atoms with Gasteiger partial charge in [0.05, 0.1) is 0 Å². The van der Waals surface area contributed by atoms with Crippen LogP contribution in [-0.4, -0.2) is 6.54 Å². The van der Waals surface area contributed by atoms with Gasteiger partial charge in [0, 0.05) is 18.6 Å². The first kappa shape index (κ1) is 14.2. The molecule has 0 saturated heterocycles. The van der Waals surface area contributed by atoms with Crippen LogP contribution in [0.4, 0.5) is 4.39 Å². The second-order valence-corrected chi connectivity index (χ2v) is 5.66. The molecule has 2 aromatic rings. The molecule has 21 heavy (non-hydrogen) atoms. The van der Waals surface area contributed by atoms with Crippen molar-refractivity contribution < 1.29 is 4.39 Å². The lowest BCUT2D eigenvalue weighted by atomic mass is 9.97. The van der Waals surface area contributed by atoms with Gasteiger partial charge in [-0.15, -0.1) is 0 Å². The van der Waals surface area contributed by atoms with Gasteiger partial charge in [-0.1, -0.05) is 36.4 Å². The van der Waals surface area contributed by atoms with Crippen LogP contribution >= 0.6 is 0 Å². The van der Waals surface area contributed by atoms with Crippen molar-refractivity contribution in [1.82, 2.24) is 10.6 Å². The summed E-state index contributed by atoms with van der Waals surface area (Å²) in [7, 11) is 0. The number of halogens is 1. The lowest BCUT2D eigenvalue weighted by Gasteiger charge is -2.24. The summed E-state index contributed by atoms with van der Waals surface area (Å²) in [5.74, 6) is -0.185. The first-order valence-corrected chi connectivity index (χ1v) is 7.54. The normalized spacial score (nSPS) is 19.6. The van der Waals surface area contributed by atoms with Crippen LogP contribution < -0.4 is 10.6 Å². The van der Waals surface area contributed by atoms with E-state index in [1.807, 2.05) is 12.1 Å². The summed E-state index contributed by atoms with van der Waals surface area (Å²) in [5.41, 5.74) is 3.85. The lowest BCUT2D eigenvalue weighted by Crippen LogP contribution is -2.26. The molecule has 0 amide bonds. The predicted octanol–water partition coefficient (Wildman–Crippen LogP) is 3.71. The van der Waals surface area contributed by atoms with Gasteiger partial charge in [0.25, 0.3) is 0 Å². The number of fused-ring (bicyclic) bond motifs is 1. The average Bonchev–Trinajstić information content (AvgIpc) is 2.71. The summed E-state index contributed by atoms with van der Waals surface area (Å²) in [6.07, 6.45) is 1.06. The molecule has 1 aliphatic rings. The first-order valence-electron chi connectivity index (χ1n) is 7.54. The van der Waals surface area contributed by atoms with Crippen LogP contribution in [0.1, 0.15) is 42.1 Å². The van der Waals surface area contributed by atoms with E-state index in [2.05, 4.69) is 41.8 Å². The van der Waals surface area contributed by atoms with E-state index >= 15 is 0 Å². The van der Waals surface area contributed by atoms with E-state index < -0.39 is 0 Å². The predicted molar refractivity (Wildman–Crippen MR) is 83.5 cm³/mol. The van der Waals surface area contributed by atoms with Crippen molar-refractivity contribution in [2.75, 3.05) is 6.54 Å². The maximum atomic E-state index is 13.0. The van der Waals surface area contributed by atoms with Crippen LogP contribution in [0, 0.1) is 5.82 Å². The minimum Gasteiger partial charge on any atom is -0.313 e. The molecule has 2 aromatic carbocycles. The number of nitrogens with one attached hydrogen (secondary N) is 2. The van der Waals surface area contributed by atoms with E-state index in [-0.39, 0.29) is 11.9 Å². The molecule has 3 heteroatoms. The summed E-state index contributed by atoms with van der Waals surface area (Å²) < 4.78 is 13.0. The second-order valence-electron chi connectivity index (χ2n) is 5.66. The Morgan fingerprint density at radius 1 is 1.14 bits per heavy atom. The summed E-state index contributed by atoms with van der Waals surface area (Å²) in [6, 6.07) is 15.9. The summed E-state index contributed by atoms with van der Waals surface area (Å²) in [5, 5.41) is 7.15. The first-order chi connectivity index (χ1) is 10.2. The van der Waals surface area contributed by atoms with Crippen molar-refractivity contribution >= 4 is 0 Å². The number of hydrogen-bond acceptors (Lipinski definition) is 2. The van der Waals surface area contributed by atoms with Gasteiger partial charge in [-0.05, 0) is 48.7 Å². The highest BCUT2D eigenvalue weighted by Gasteiger charge is 2.20. The van der Waals surface area contributed by atoms with Crippen LogP contribution in [-0.2, 0) is 6.54 Å². The fraction of sp³-hybridized carbons (Fsp3) is 0.333. The van der Waals surface area contributed by atoms with Crippen molar-refractivity contribution in [3.8, 4) is 0 Å². The van der Waals surface area contributed by atoms with Gasteiger partial charge in [0.2, 0.25) is 0 Å². The van der Waals surface area contributed by atoms with Crippen molar-refractivity contribution in [3.63, 3.8) is 0 Å². The highest BCUT2D eigenvalue weighted by atomic mass is 19.1. The van der Waals surface area contributed by atoms with Gasteiger partial charge in [0.1, 0.15) is 5.82 Å². The molecule has 2 atom stereocenters. The van der Waals surface area contributed by atoms with Crippen molar-refractivity contribution in [1.29, 1.82) is 0 Å². The third-order valence-corrected chi connectivity index (χ3v) is 4.18. The zero-order chi connectivity index (χ0) is 14.7. The molecule has 0 saturated carbocycles. The third kappa shape index (κ3) is 3.31. The van der Waals surface area contributed by atoms with Gasteiger partial charge in [-0.25, -0.2) is 4.39 Å². The van der Waals surface area contributed by atoms with Gasteiger partial charge in [-0.3, -0.25) is 0 Å². The number of benzene rings is 2. The highest BCUT2D eigenvalue weighted by molar-refractivity contribution is 5.31. The van der Waals surface area contributed by atoms with Crippen molar-refractivity contribution in [2.24, 2.45) is 0 Å². The maximum Gasteiger partial charge on any atom is 0.123 e. The molecule has 3 rings (SSSR count). The maximum absolute atomic E-state index is 13.0. The largest absolute Gasteiger partial charge is 0.313 e. The monoisotopic (exact) mass is 284 g/mol. The van der Waals surface area contributed by atoms with Gasteiger partial charge < -0.3 is 10.6 Å². The summed E-state index contributed by atoms with van der Waals surface area (Å²) in [4.78, 5) is 0. The Morgan fingerprint density at radius 3 is 2.71 bits per heavy atom. The van der Waals surface area contributed by atoms with Crippen molar-refractivity contribution in [2.45, 2.75) is 32.0 Å². The smallest absolute Gasteiger partial charge is 0.123 e. The molecular formula is C18H21FN2. The van der Waals surface area contributed by atoms with Crippen LogP contribution in [0.15, 0.2) is 48.5 Å². The Labute approximate surface area is 125 Å². The second kappa shape index (κ2) is 6.37.